The molecule has 1 aliphatic rings. The maximum absolute atomic E-state index is 14.2. The zero-order valence-electron chi connectivity index (χ0n) is 24.9. The first-order valence-electron chi connectivity index (χ1n) is 14.3. The number of para-hydroxylation sites is 1. The monoisotopic (exact) mass is 581 g/mol. The van der Waals surface area contributed by atoms with Crippen LogP contribution in [0.2, 0.25) is 0 Å². The highest BCUT2D eigenvalue weighted by Gasteiger charge is 2.29. The van der Waals surface area contributed by atoms with Crippen molar-refractivity contribution in [3.63, 3.8) is 0 Å². The average Bonchev–Trinajstić information content (AvgIpc) is 3.35. The molecule has 5 rings (SSSR count). The van der Waals surface area contributed by atoms with Crippen LogP contribution in [0, 0.1) is 24.2 Å². The van der Waals surface area contributed by atoms with E-state index in [1.54, 1.807) is 11.5 Å². The van der Waals surface area contributed by atoms with E-state index in [1.165, 1.54) is 9.36 Å². The number of carbonyl (C=O) groups is 1. The van der Waals surface area contributed by atoms with Crippen LogP contribution in [-0.4, -0.2) is 54.7 Å². The largest absolute Gasteiger partial charge is 0.444 e. The minimum absolute atomic E-state index is 0.0260. The number of nitrogens with one attached hydrogen (secondary N) is 1. The molecule has 0 bridgehead atoms. The molecule has 0 radical (unpaired) electrons. The first kappa shape index (κ1) is 29.5. The van der Waals surface area contributed by atoms with Crippen LogP contribution in [0.25, 0.3) is 21.9 Å². The summed E-state index contributed by atoms with van der Waals surface area (Å²) in [5.74, 6) is 8.83. The molecule has 43 heavy (non-hydrogen) atoms. The average molecular weight is 582 g/mol. The third-order valence-corrected chi connectivity index (χ3v) is 7.16. The fourth-order valence-corrected chi connectivity index (χ4v) is 5.32. The number of benzene rings is 1. The maximum atomic E-state index is 14.2. The van der Waals surface area contributed by atoms with Crippen molar-refractivity contribution in [1.82, 2.24) is 29.2 Å². The number of alkyl carbamates (subject to hydrolysis) is 1. The van der Waals surface area contributed by atoms with Crippen molar-refractivity contribution in [2.75, 3.05) is 18.0 Å². The molecule has 11 heteroatoms. The first-order chi connectivity index (χ1) is 20.6. The number of hydrogen-bond donors (Lipinski definition) is 1. The Kier molecular flexibility index (Phi) is 8.27. The summed E-state index contributed by atoms with van der Waals surface area (Å²) < 4.78 is 9.72. The van der Waals surface area contributed by atoms with E-state index in [-0.39, 0.29) is 36.7 Å². The number of piperidine rings is 1. The number of ether oxygens (including phenoxy) is 1. The van der Waals surface area contributed by atoms with Crippen LogP contribution < -0.4 is 21.3 Å². The molecule has 0 spiro atoms. The molecule has 0 aliphatic carbocycles. The number of hydrogen-bond acceptors (Lipinski definition) is 7. The zero-order chi connectivity index (χ0) is 30.7. The summed E-state index contributed by atoms with van der Waals surface area (Å²) in [5.41, 5.74) is 0.0562. The minimum atomic E-state index is -0.619. The van der Waals surface area contributed by atoms with Crippen molar-refractivity contribution in [2.45, 2.75) is 71.8 Å². The Balaban J connectivity index is 1.59. The lowest BCUT2D eigenvalue weighted by atomic mass is 10.1. The molecule has 3 aromatic heterocycles. The summed E-state index contributed by atoms with van der Waals surface area (Å²) in [5, 5.41) is 3.91. The molecule has 1 unspecified atom stereocenters. The number of anilines is 1. The van der Waals surface area contributed by atoms with Gasteiger partial charge in [0.15, 0.2) is 5.52 Å². The highest BCUT2D eigenvalue weighted by molar-refractivity contribution is 5.79. The van der Waals surface area contributed by atoms with E-state index in [0.717, 1.165) is 23.7 Å². The predicted octanol–water partition coefficient (Wildman–Crippen LogP) is 3.11. The quantitative estimate of drug-likeness (QED) is 0.348. The second kappa shape index (κ2) is 12.1. The van der Waals surface area contributed by atoms with E-state index in [1.807, 2.05) is 62.1 Å². The molecule has 4 heterocycles. The van der Waals surface area contributed by atoms with Crippen molar-refractivity contribution in [3.8, 4) is 24.2 Å². The van der Waals surface area contributed by atoms with Gasteiger partial charge in [0, 0.05) is 24.5 Å². The van der Waals surface area contributed by atoms with Gasteiger partial charge in [0.2, 0.25) is 5.95 Å². The topological polar surface area (TPSA) is 116 Å². The smallest absolute Gasteiger partial charge is 0.407 e. The van der Waals surface area contributed by atoms with Crippen LogP contribution >= 0.6 is 0 Å². The van der Waals surface area contributed by atoms with Crippen molar-refractivity contribution >= 4 is 34.0 Å². The van der Waals surface area contributed by atoms with Crippen LogP contribution in [0.4, 0.5) is 10.7 Å². The molecule has 1 atom stereocenters. The van der Waals surface area contributed by atoms with E-state index >= 15 is 0 Å². The van der Waals surface area contributed by atoms with Gasteiger partial charge in [-0.2, -0.15) is 0 Å². The fraction of sp³-hybridized carbons (Fsp3) is 0.406. The van der Waals surface area contributed by atoms with E-state index in [0.29, 0.717) is 24.7 Å². The molecule has 11 nitrogen and oxygen atoms in total. The SMILES string of the molecule is C#CCn1c(=O)c2nc(N3CCCC(NC(=O)OC(C)(C)C)C3)n(CC#CC)c2c(=O)n1Cc1ccc2ccccc2n1. The van der Waals surface area contributed by atoms with E-state index < -0.39 is 22.8 Å². The molecular weight excluding hydrogens is 546 g/mol. The number of aromatic nitrogens is 5. The summed E-state index contributed by atoms with van der Waals surface area (Å²) in [4.78, 5) is 51.9. The van der Waals surface area contributed by atoms with Gasteiger partial charge >= 0.3 is 6.09 Å². The molecule has 1 aliphatic heterocycles. The number of pyridine rings is 1. The van der Waals surface area contributed by atoms with Crippen LogP contribution in [-0.2, 0) is 24.4 Å². The molecule has 1 fully saturated rings. The van der Waals surface area contributed by atoms with Crippen LogP contribution in [0.3, 0.4) is 0 Å². The molecular formula is C32H35N7O4. The molecule has 0 saturated carbocycles. The number of rotatable bonds is 6. The first-order valence-corrected chi connectivity index (χ1v) is 14.3. The fourth-order valence-electron chi connectivity index (χ4n) is 5.32. The second-order valence-electron chi connectivity index (χ2n) is 11.5. The van der Waals surface area contributed by atoms with Crippen molar-refractivity contribution < 1.29 is 9.53 Å². The lowest BCUT2D eigenvalue weighted by Crippen LogP contribution is -2.49. The Morgan fingerprint density at radius 3 is 2.63 bits per heavy atom. The Bertz CT molecular complexity index is 1910. The normalized spacial score (nSPS) is 15.1. The van der Waals surface area contributed by atoms with Crippen molar-refractivity contribution in [3.05, 3.63) is 62.8 Å². The van der Waals surface area contributed by atoms with Gasteiger partial charge in [-0.05, 0) is 52.7 Å². The Labute approximate surface area is 249 Å². The van der Waals surface area contributed by atoms with Crippen LogP contribution in [0.15, 0.2) is 46.0 Å². The van der Waals surface area contributed by atoms with Gasteiger partial charge in [0.25, 0.3) is 11.1 Å². The van der Waals surface area contributed by atoms with Gasteiger partial charge in [-0.3, -0.25) is 19.1 Å². The summed E-state index contributed by atoms with van der Waals surface area (Å²) in [7, 11) is 0. The summed E-state index contributed by atoms with van der Waals surface area (Å²) in [6, 6.07) is 11.2. The lowest BCUT2D eigenvalue weighted by molar-refractivity contribution is 0.0499. The number of imidazole rings is 1. The van der Waals surface area contributed by atoms with Crippen LogP contribution in [0.5, 0.6) is 0 Å². The highest BCUT2D eigenvalue weighted by Crippen LogP contribution is 2.23. The molecule has 1 N–H and O–H groups in total. The van der Waals surface area contributed by atoms with Crippen molar-refractivity contribution in [1.29, 1.82) is 0 Å². The number of fused-ring (bicyclic) bond motifs is 2. The lowest BCUT2D eigenvalue weighted by Gasteiger charge is -2.34. The maximum Gasteiger partial charge on any atom is 0.407 e. The summed E-state index contributed by atoms with van der Waals surface area (Å²) >= 11 is 0. The number of amides is 1. The Morgan fingerprint density at radius 2 is 1.88 bits per heavy atom. The van der Waals surface area contributed by atoms with Gasteiger partial charge in [-0.1, -0.05) is 36.1 Å². The number of terminal acetylenes is 1. The van der Waals surface area contributed by atoms with Gasteiger partial charge < -0.3 is 15.0 Å². The van der Waals surface area contributed by atoms with Crippen LogP contribution in [0.1, 0.15) is 46.2 Å². The van der Waals surface area contributed by atoms with E-state index in [2.05, 4.69) is 23.1 Å². The van der Waals surface area contributed by atoms with E-state index in [9.17, 15) is 14.4 Å². The molecule has 1 aromatic carbocycles. The standard InChI is InChI=1S/C32H35N7O4/c1-6-8-19-37-27-26(35-30(37)36-18-11-13-23(20-36)34-31(42)43-32(3,4)5)28(40)38(17-7-2)39(29(27)41)21-24-16-15-22-12-9-10-14-25(22)33-24/h2,9-10,12,14-16,23H,11,13,17-21H2,1,3-5H3,(H,34,42). The summed E-state index contributed by atoms with van der Waals surface area (Å²) in [6.45, 7) is 8.29. The molecule has 4 aromatic rings. The molecule has 1 saturated heterocycles. The second-order valence-corrected chi connectivity index (χ2v) is 11.5. The van der Waals surface area contributed by atoms with Crippen molar-refractivity contribution in [2.24, 2.45) is 0 Å². The third-order valence-electron chi connectivity index (χ3n) is 7.16. The zero-order valence-corrected chi connectivity index (χ0v) is 24.9. The van der Waals surface area contributed by atoms with Gasteiger partial charge in [-0.15, -0.1) is 12.3 Å². The van der Waals surface area contributed by atoms with Gasteiger partial charge in [0.05, 0.1) is 24.3 Å². The number of nitrogens with zero attached hydrogens (tertiary/aromatic N) is 6. The van der Waals surface area contributed by atoms with E-state index in [4.69, 9.17) is 21.1 Å². The minimum Gasteiger partial charge on any atom is -0.444 e. The predicted molar refractivity (Wildman–Crippen MR) is 166 cm³/mol. The van der Waals surface area contributed by atoms with Gasteiger partial charge in [0.1, 0.15) is 17.7 Å². The highest BCUT2D eigenvalue weighted by atomic mass is 16.6. The third kappa shape index (κ3) is 6.26. The Morgan fingerprint density at radius 1 is 1.09 bits per heavy atom. The molecule has 222 valence electrons. The molecule has 1 amide bonds. The van der Waals surface area contributed by atoms with Gasteiger partial charge in [-0.25, -0.2) is 19.1 Å². The summed E-state index contributed by atoms with van der Waals surface area (Å²) in [6.07, 6.45) is 6.66. The Hall–Kier alpha value is -5.03. The number of carbonyl (C=O) groups excluding carboxylic acids is 1.